The van der Waals surface area contributed by atoms with Crippen LogP contribution < -0.4 is 0 Å². The van der Waals surface area contributed by atoms with Gasteiger partial charge in [-0.15, -0.1) is 0 Å². The van der Waals surface area contributed by atoms with E-state index in [9.17, 15) is 0 Å². The standard InChI is InChI=1S/C9H17ClN2/c1-5-11-6-7-12(8(11)10)9(2,3)4/h6-8H,5H2,1-4H3. The summed E-state index contributed by atoms with van der Waals surface area (Å²) in [6.07, 6.45) is 4.10. The summed E-state index contributed by atoms with van der Waals surface area (Å²) in [5.41, 5.74) is 0.0855. The number of alkyl halides is 1. The molecule has 0 spiro atoms. The molecule has 1 unspecified atom stereocenters. The van der Waals surface area contributed by atoms with E-state index in [-0.39, 0.29) is 11.2 Å². The van der Waals surface area contributed by atoms with Crippen molar-refractivity contribution < 1.29 is 0 Å². The third kappa shape index (κ3) is 1.69. The highest BCUT2D eigenvalue weighted by Crippen LogP contribution is 2.27. The monoisotopic (exact) mass is 188 g/mol. The van der Waals surface area contributed by atoms with Crippen LogP contribution in [-0.2, 0) is 0 Å². The second-order valence-electron chi connectivity index (χ2n) is 4.02. The predicted molar refractivity (Wildman–Crippen MR) is 52.8 cm³/mol. The quantitative estimate of drug-likeness (QED) is 0.461. The first-order chi connectivity index (χ1) is 5.46. The van der Waals surface area contributed by atoms with Gasteiger partial charge in [0.15, 0.2) is 5.62 Å². The van der Waals surface area contributed by atoms with Gasteiger partial charge in [-0.25, -0.2) is 0 Å². The summed E-state index contributed by atoms with van der Waals surface area (Å²) in [6, 6.07) is 0. The Balaban J connectivity index is 2.68. The van der Waals surface area contributed by atoms with E-state index in [4.69, 9.17) is 11.6 Å². The van der Waals surface area contributed by atoms with Gasteiger partial charge in [-0.3, -0.25) is 0 Å². The SMILES string of the molecule is CCN1C=CN(C(C)(C)C)C1Cl. The third-order valence-electron chi connectivity index (χ3n) is 2.06. The second-order valence-corrected chi connectivity index (χ2v) is 4.41. The summed E-state index contributed by atoms with van der Waals surface area (Å²) in [6.45, 7) is 9.53. The van der Waals surface area contributed by atoms with Crippen LogP contribution in [0.4, 0.5) is 0 Å². The van der Waals surface area contributed by atoms with Gasteiger partial charge < -0.3 is 9.80 Å². The molecule has 0 fully saturated rings. The topological polar surface area (TPSA) is 6.48 Å². The van der Waals surface area contributed by atoms with Crippen LogP contribution in [0.25, 0.3) is 0 Å². The van der Waals surface area contributed by atoms with E-state index in [2.05, 4.69) is 43.7 Å². The summed E-state index contributed by atoms with van der Waals surface area (Å²) in [4.78, 5) is 4.25. The predicted octanol–water partition coefficient (Wildman–Crippen LogP) is 2.42. The highest BCUT2D eigenvalue weighted by Gasteiger charge is 2.30. The van der Waals surface area contributed by atoms with Gasteiger partial charge in [0.05, 0.1) is 0 Å². The van der Waals surface area contributed by atoms with Gasteiger partial charge in [0, 0.05) is 24.5 Å². The van der Waals surface area contributed by atoms with Crippen LogP contribution in [0.5, 0.6) is 0 Å². The molecule has 0 saturated heterocycles. The lowest BCUT2D eigenvalue weighted by atomic mass is 10.1. The maximum atomic E-state index is 6.22. The lowest BCUT2D eigenvalue weighted by Crippen LogP contribution is -2.44. The lowest BCUT2D eigenvalue weighted by molar-refractivity contribution is 0.136. The Labute approximate surface area is 79.8 Å². The van der Waals surface area contributed by atoms with E-state index in [0.717, 1.165) is 6.54 Å². The van der Waals surface area contributed by atoms with Gasteiger partial charge in [-0.2, -0.15) is 0 Å². The fourth-order valence-electron chi connectivity index (χ4n) is 1.26. The molecule has 70 valence electrons. The van der Waals surface area contributed by atoms with Crippen LogP contribution in [0, 0.1) is 0 Å². The van der Waals surface area contributed by atoms with Gasteiger partial charge in [-0.1, -0.05) is 11.6 Å². The van der Waals surface area contributed by atoms with Crippen LogP contribution in [-0.4, -0.2) is 27.5 Å². The molecule has 0 bridgehead atoms. The van der Waals surface area contributed by atoms with Gasteiger partial charge >= 0.3 is 0 Å². The molecule has 1 aliphatic rings. The fraction of sp³-hybridized carbons (Fsp3) is 0.778. The Bertz CT molecular complexity index is 183. The molecule has 12 heavy (non-hydrogen) atoms. The number of hydrogen-bond acceptors (Lipinski definition) is 2. The van der Waals surface area contributed by atoms with Gasteiger partial charge in [0.2, 0.25) is 0 Å². The Kier molecular flexibility index (Phi) is 2.57. The minimum Gasteiger partial charge on any atom is -0.344 e. The Morgan fingerprint density at radius 2 is 1.92 bits per heavy atom. The summed E-state index contributed by atoms with van der Waals surface area (Å²) in [5, 5.41) is 0. The van der Waals surface area contributed by atoms with E-state index in [1.54, 1.807) is 0 Å². The molecule has 0 saturated carbocycles. The molecule has 3 heteroatoms. The summed E-state index contributed by atoms with van der Waals surface area (Å²) in [5.74, 6) is 0. The maximum Gasteiger partial charge on any atom is 0.179 e. The normalized spacial score (nSPS) is 23.9. The van der Waals surface area contributed by atoms with Crippen LogP contribution in [0.3, 0.4) is 0 Å². The van der Waals surface area contributed by atoms with E-state index >= 15 is 0 Å². The van der Waals surface area contributed by atoms with Crippen molar-refractivity contribution in [2.45, 2.75) is 38.9 Å². The van der Waals surface area contributed by atoms with Crippen molar-refractivity contribution in [1.29, 1.82) is 0 Å². The van der Waals surface area contributed by atoms with Crippen LogP contribution in [0.2, 0.25) is 0 Å². The molecule has 0 N–H and O–H groups in total. The largest absolute Gasteiger partial charge is 0.344 e. The molecule has 0 amide bonds. The Morgan fingerprint density at radius 1 is 1.33 bits per heavy atom. The third-order valence-corrected chi connectivity index (χ3v) is 2.52. The van der Waals surface area contributed by atoms with Gasteiger partial charge in [0.25, 0.3) is 0 Å². The lowest BCUT2D eigenvalue weighted by Gasteiger charge is -2.37. The average molecular weight is 189 g/mol. The molecule has 1 aliphatic heterocycles. The smallest absolute Gasteiger partial charge is 0.179 e. The molecule has 2 nitrogen and oxygen atoms in total. The number of nitrogens with zero attached hydrogens (tertiary/aromatic N) is 2. The van der Waals surface area contributed by atoms with Crippen molar-refractivity contribution in [3.05, 3.63) is 12.4 Å². The molecule has 1 atom stereocenters. The van der Waals surface area contributed by atoms with Crippen molar-refractivity contribution in [1.82, 2.24) is 9.80 Å². The first kappa shape index (κ1) is 9.72. The highest BCUT2D eigenvalue weighted by molar-refractivity contribution is 6.20. The van der Waals surface area contributed by atoms with E-state index in [1.165, 1.54) is 0 Å². The summed E-state index contributed by atoms with van der Waals surface area (Å²) < 4.78 is 0. The molecular formula is C9H17ClN2. The van der Waals surface area contributed by atoms with Crippen molar-refractivity contribution in [2.75, 3.05) is 6.54 Å². The minimum absolute atomic E-state index is 0.0185. The van der Waals surface area contributed by atoms with E-state index < -0.39 is 0 Å². The van der Waals surface area contributed by atoms with Crippen molar-refractivity contribution in [3.8, 4) is 0 Å². The fourth-order valence-corrected chi connectivity index (χ4v) is 1.82. The molecule has 0 aromatic carbocycles. The van der Waals surface area contributed by atoms with E-state index in [1.807, 2.05) is 6.20 Å². The number of hydrogen-bond donors (Lipinski definition) is 0. The zero-order valence-electron chi connectivity index (χ0n) is 8.21. The Morgan fingerprint density at radius 3 is 2.17 bits per heavy atom. The molecule has 1 heterocycles. The molecule has 0 aliphatic carbocycles. The van der Waals surface area contributed by atoms with Gasteiger partial charge in [-0.05, 0) is 27.7 Å². The zero-order chi connectivity index (χ0) is 9.35. The Hall–Kier alpha value is -0.370. The number of halogens is 1. The van der Waals surface area contributed by atoms with E-state index in [0.29, 0.717) is 0 Å². The summed E-state index contributed by atoms with van der Waals surface area (Å²) >= 11 is 6.22. The van der Waals surface area contributed by atoms with Crippen LogP contribution >= 0.6 is 11.6 Å². The average Bonchev–Trinajstić information content (AvgIpc) is 2.29. The zero-order valence-corrected chi connectivity index (χ0v) is 8.97. The van der Waals surface area contributed by atoms with Gasteiger partial charge in [0.1, 0.15) is 0 Å². The highest BCUT2D eigenvalue weighted by atomic mass is 35.5. The maximum absolute atomic E-state index is 6.22. The second kappa shape index (κ2) is 3.17. The molecule has 1 rings (SSSR count). The van der Waals surface area contributed by atoms with Crippen molar-refractivity contribution in [2.24, 2.45) is 0 Å². The first-order valence-electron chi connectivity index (χ1n) is 4.33. The molecular weight excluding hydrogens is 172 g/mol. The molecule has 0 aromatic heterocycles. The summed E-state index contributed by atoms with van der Waals surface area (Å²) in [7, 11) is 0. The minimum atomic E-state index is -0.0185. The van der Waals surface area contributed by atoms with Crippen molar-refractivity contribution >= 4 is 11.6 Å². The van der Waals surface area contributed by atoms with Crippen LogP contribution in [0.1, 0.15) is 27.7 Å². The number of rotatable bonds is 1. The van der Waals surface area contributed by atoms with Crippen LogP contribution in [0.15, 0.2) is 12.4 Å². The molecule has 0 radical (unpaired) electrons. The molecule has 0 aromatic rings. The van der Waals surface area contributed by atoms with Crippen molar-refractivity contribution in [3.63, 3.8) is 0 Å². The first-order valence-corrected chi connectivity index (χ1v) is 4.77.